The molecule has 0 amide bonds. The number of aromatic nitrogens is 2. The van der Waals surface area contributed by atoms with E-state index in [1.807, 2.05) is 0 Å². The van der Waals surface area contributed by atoms with Crippen LogP contribution in [0.3, 0.4) is 0 Å². The van der Waals surface area contributed by atoms with E-state index in [-0.39, 0.29) is 0 Å². The zero-order valence-corrected chi connectivity index (χ0v) is 24.3. The molecule has 2 nitrogen and oxygen atoms in total. The van der Waals surface area contributed by atoms with Crippen LogP contribution in [0.4, 0.5) is 0 Å². The van der Waals surface area contributed by atoms with Crippen molar-refractivity contribution in [1.82, 2.24) is 9.13 Å². The van der Waals surface area contributed by atoms with Crippen LogP contribution >= 0.6 is 0 Å². The summed E-state index contributed by atoms with van der Waals surface area (Å²) in [6.07, 6.45) is 4.32. The summed E-state index contributed by atoms with van der Waals surface area (Å²) in [7, 11) is 0. The minimum absolute atomic E-state index is 0.972. The van der Waals surface area contributed by atoms with Gasteiger partial charge in [-0.25, -0.2) is 0 Å². The Balaban J connectivity index is 1.17. The van der Waals surface area contributed by atoms with Gasteiger partial charge in [-0.05, 0) is 82.9 Å². The van der Waals surface area contributed by atoms with E-state index in [0.717, 1.165) is 28.2 Å². The summed E-state index contributed by atoms with van der Waals surface area (Å²) in [5.41, 5.74) is 11.5. The molecule has 2 heteroatoms. The number of para-hydroxylation sites is 3. The van der Waals surface area contributed by atoms with Crippen LogP contribution in [0, 0.1) is 0 Å². The first kappa shape index (κ1) is 25.8. The highest BCUT2D eigenvalue weighted by Crippen LogP contribution is 2.34. The van der Waals surface area contributed by atoms with Crippen molar-refractivity contribution < 1.29 is 0 Å². The summed E-state index contributed by atoms with van der Waals surface area (Å²) in [6.45, 7) is 4.49. The van der Waals surface area contributed by atoms with Crippen LogP contribution in [-0.4, -0.2) is 9.13 Å². The van der Waals surface area contributed by atoms with Gasteiger partial charge in [-0.3, -0.25) is 0 Å². The zero-order valence-electron chi connectivity index (χ0n) is 24.3. The Morgan fingerprint density at radius 1 is 0.477 bits per heavy atom. The quantitative estimate of drug-likeness (QED) is 0.178. The molecule has 6 aromatic carbocycles. The Morgan fingerprint density at radius 2 is 1.09 bits per heavy atom. The van der Waals surface area contributed by atoms with E-state index in [9.17, 15) is 0 Å². The molecule has 0 saturated carbocycles. The van der Waals surface area contributed by atoms with Crippen molar-refractivity contribution in [3.8, 4) is 22.5 Å². The maximum atomic E-state index is 4.49. The van der Waals surface area contributed by atoms with Crippen LogP contribution < -0.4 is 0 Å². The highest BCUT2D eigenvalue weighted by molar-refractivity contribution is 6.10. The molecule has 0 aliphatic rings. The summed E-state index contributed by atoms with van der Waals surface area (Å²) in [5.74, 6) is 0. The van der Waals surface area contributed by atoms with Crippen molar-refractivity contribution >= 4 is 44.4 Å². The molecule has 0 unspecified atom stereocenters. The van der Waals surface area contributed by atoms with Gasteiger partial charge in [0.1, 0.15) is 0 Å². The van der Waals surface area contributed by atoms with Gasteiger partial charge >= 0.3 is 0 Å². The standard InChI is InChI=1S/C42H30N2/c1-30(33-23-27-42-39(29-33)38-17-9-11-19-41(38)44(42)35-15-6-3-7-16-35)20-24-37-28-34-14-8-10-18-40(34)43(37)36-25-21-32(22-26-36)31-12-4-2-5-13-31/h2-29H,1H2/b24-20-. The lowest BCUT2D eigenvalue weighted by atomic mass is 10.0. The van der Waals surface area contributed by atoms with E-state index < -0.39 is 0 Å². The molecule has 2 aromatic heterocycles. The van der Waals surface area contributed by atoms with Crippen molar-refractivity contribution in [2.45, 2.75) is 0 Å². The molecule has 0 bridgehead atoms. The van der Waals surface area contributed by atoms with Crippen LogP contribution in [0.25, 0.3) is 66.9 Å². The van der Waals surface area contributed by atoms with Crippen molar-refractivity contribution in [2.24, 2.45) is 0 Å². The van der Waals surface area contributed by atoms with Crippen LogP contribution in [0.15, 0.2) is 170 Å². The summed E-state index contributed by atoms with van der Waals surface area (Å²) in [4.78, 5) is 0. The minimum Gasteiger partial charge on any atom is -0.310 e. The number of allylic oxidation sites excluding steroid dienone is 2. The Labute approximate surface area is 257 Å². The highest BCUT2D eigenvalue weighted by atomic mass is 15.0. The molecule has 0 fully saturated rings. The normalized spacial score (nSPS) is 11.6. The van der Waals surface area contributed by atoms with Gasteiger partial charge in [0.05, 0.1) is 16.6 Å². The second-order valence-corrected chi connectivity index (χ2v) is 11.2. The summed E-state index contributed by atoms with van der Waals surface area (Å²) < 4.78 is 4.67. The largest absolute Gasteiger partial charge is 0.310 e. The van der Waals surface area contributed by atoms with E-state index in [1.165, 1.54) is 43.8 Å². The number of nitrogens with zero attached hydrogens (tertiary/aromatic N) is 2. The molecule has 8 aromatic rings. The second-order valence-electron chi connectivity index (χ2n) is 11.2. The van der Waals surface area contributed by atoms with Gasteiger partial charge < -0.3 is 9.13 Å². The van der Waals surface area contributed by atoms with E-state index in [1.54, 1.807) is 0 Å². The average molecular weight is 563 g/mol. The topological polar surface area (TPSA) is 9.86 Å². The van der Waals surface area contributed by atoms with Crippen LogP contribution in [-0.2, 0) is 0 Å². The molecule has 0 N–H and O–H groups in total. The lowest BCUT2D eigenvalue weighted by Gasteiger charge is -2.11. The Kier molecular flexibility index (Phi) is 6.31. The predicted octanol–water partition coefficient (Wildman–Crippen LogP) is 11.1. The first-order chi connectivity index (χ1) is 21.7. The third-order valence-corrected chi connectivity index (χ3v) is 8.48. The molecule has 44 heavy (non-hydrogen) atoms. The predicted molar refractivity (Wildman–Crippen MR) is 188 cm³/mol. The Morgan fingerprint density at radius 3 is 1.89 bits per heavy atom. The van der Waals surface area contributed by atoms with Crippen LogP contribution in [0.1, 0.15) is 11.3 Å². The number of benzene rings is 6. The number of hydrogen-bond acceptors (Lipinski definition) is 0. The summed E-state index contributed by atoms with van der Waals surface area (Å²) in [6, 6.07) is 56.0. The van der Waals surface area contributed by atoms with Gasteiger partial charge in [-0.15, -0.1) is 0 Å². The van der Waals surface area contributed by atoms with Gasteiger partial charge in [-0.2, -0.15) is 0 Å². The van der Waals surface area contributed by atoms with Crippen molar-refractivity contribution in [3.63, 3.8) is 0 Å². The van der Waals surface area contributed by atoms with E-state index in [2.05, 4.69) is 186 Å². The molecule has 0 aliphatic heterocycles. The van der Waals surface area contributed by atoms with Gasteiger partial charge in [0.2, 0.25) is 0 Å². The SMILES string of the molecule is C=C(/C=C\c1cc2ccccc2n1-c1ccc(-c2ccccc2)cc1)c1ccc2c(c1)c1ccccc1n2-c1ccccc1. The Hall–Kier alpha value is -5.86. The first-order valence-electron chi connectivity index (χ1n) is 15.0. The lowest BCUT2D eigenvalue weighted by molar-refractivity contribution is 1.11. The molecule has 0 saturated heterocycles. The lowest BCUT2D eigenvalue weighted by Crippen LogP contribution is -1.96. The highest BCUT2D eigenvalue weighted by Gasteiger charge is 2.13. The maximum absolute atomic E-state index is 4.49. The fourth-order valence-electron chi connectivity index (χ4n) is 6.33. The zero-order chi connectivity index (χ0) is 29.5. The third kappa shape index (κ3) is 4.45. The molecule has 0 radical (unpaired) electrons. The molecule has 208 valence electrons. The molecular formula is C42H30N2. The number of hydrogen-bond donors (Lipinski definition) is 0. The molecule has 0 aliphatic carbocycles. The Bertz CT molecular complexity index is 2320. The molecule has 2 heterocycles. The number of fused-ring (bicyclic) bond motifs is 4. The fourth-order valence-corrected chi connectivity index (χ4v) is 6.33. The fraction of sp³-hybridized carbons (Fsp3) is 0. The minimum atomic E-state index is 0.972. The first-order valence-corrected chi connectivity index (χ1v) is 15.0. The summed E-state index contributed by atoms with van der Waals surface area (Å²) in [5, 5.41) is 3.67. The van der Waals surface area contributed by atoms with Crippen LogP contribution in [0.2, 0.25) is 0 Å². The van der Waals surface area contributed by atoms with Crippen LogP contribution in [0.5, 0.6) is 0 Å². The van der Waals surface area contributed by atoms with E-state index in [4.69, 9.17) is 0 Å². The molecule has 8 rings (SSSR count). The van der Waals surface area contributed by atoms with Gasteiger partial charge in [0, 0.05) is 33.2 Å². The van der Waals surface area contributed by atoms with Gasteiger partial charge in [0.15, 0.2) is 0 Å². The molecular weight excluding hydrogens is 532 g/mol. The second kappa shape index (κ2) is 10.8. The van der Waals surface area contributed by atoms with E-state index >= 15 is 0 Å². The van der Waals surface area contributed by atoms with E-state index in [0.29, 0.717) is 0 Å². The maximum Gasteiger partial charge on any atom is 0.0541 e. The smallest absolute Gasteiger partial charge is 0.0541 e. The molecule has 0 spiro atoms. The summed E-state index contributed by atoms with van der Waals surface area (Å²) >= 11 is 0. The third-order valence-electron chi connectivity index (χ3n) is 8.48. The average Bonchev–Trinajstić information content (AvgIpc) is 3.63. The van der Waals surface area contributed by atoms with Gasteiger partial charge in [-0.1, -0.05) is 116 Å². The van der Waals surface area contributed by atoms with Crippen molar-refractivity contribution in [3.05, 3.63) is 182 Å². The monoisotopic (exact) mass is 562 g/mol. The van der Waals surface area contributed by atoms with Crippen molar-refractivity contribution in [1.29, 1.82) is 0 Å². The molecule has 0 atom stereocenters. The number of rotatable bonds is 6. The van der Waals surface area contributed by atoms with Gasteiger partial charge in [0.25, 0.3) is 0 Å². The van der Waals surface area contributed by atoms with Crippen molar-refractivity contribution in [2.75, 3.05) is 0 Å².